The molecule has 1 atom stereocenters. The van der Waals surface area contributed by atoms with Crippen molar-refractivity contribution in [2.24, 2.45) is 0 Å². The van der Waals surface area contributed by atoms with E-state index in [1.54, 1.807) is 0 Å². The molecule has 2 aromatic rings. The van der Waals surface area contributed by atoms with Crippen LogP contribution in [0.15, 0.2) is 42.6 Å². The van der Waals surface area contributed by atoms with Crippen LogP contribution in [0.4, 0.5) is 0 Å². The number of hydrogen-bond donors (Lipinski definition) is 1. The van der Waals surface area contributed by atoms with Gasteiger partial charge in [0.25, 0.3) is 0 Å². The monoisotopic (exact) mass is 298 g/mol. The van der Waals surface area contributed by atoms with Gasteiger partial charge in [0.1, 0.15) is 0 Å². The molecule has 0 unspecified atom stereocenters. The highest BCUT2D eigenvalue weighted by Crippen LogP contribution is 2.16. The Labute approximate surface area is 133 Å². The lowest BCUT2D eigenvalue weighted by atomic mass is 10.0. The van der Waals surface area contributed by atoms with Crippen molar-refractivity contribution in [3.8, 4) is 5.69 Å². The van der Waals surface area contributed by atoms with Crippen LogP contribution in [-0.4, -0.2) is 40.4 Å². The van der Waals surface area contributed by atoms with Crippen LogP contribution in [0.2, 0.25) is 0 Å². The molecule has 1 saturated heterocycles. The molecule has 3 rings (SSSR count). The standard InChI is InChI=1S/C18H26N4/c1-2-21-13-7-6-10-17(21)14-19-15-18-11-12-20-22(18)16-8-4-3-5-9-16/h3-5,8-9,11-12,17,19H,2,6-7,10,13-15H2,1H3/t17-/m1/s1. The van der Waals surface area contributed by atoms with Gasteiger partial charge < -0.3 is 5.32 Å². The molecule has 1 fully saturated rings. The third kappa shape index (κ3) is 3.57. The molecule has 1 aliphatic heterocycles. The molecule has 1 aliphatic rings. The number of rotatable bonds is 6. The van der Waals surface area contributed by atoms with Gasteiger partial charge in [0.2, 0.25) is 0 Å². The molecule has 0 aliphatic carbocycles. The van der Waals surface area contributed by atoms with Crippen LogP contribution in [-0.2, 0) is 6.54 Å². The van der Waals surface area contributed by atoms with Gasteiger partial charge in [-0.15, -0.1) is 0 Å². The number of likely N-dealkylation sites (tertiary alicyclic amines) is 1. The van der Waals surface area contributed by atoms with E-state index in [9.17, 15) is 0 Å². The fraction of sp³-hybridized carbons (Fsp3) is 0.500. The van der Waals surface area contributed by atoms with Crippen LogP contribution in [0.3, 0.4) is 0 Å². The molecule has 4 heteroatoms. The Hall–Kier alpha value is -1.65. The van der Waals surface area contributed by atoms with Crippen LogP contribution >= 0.6 is 0 Å². The Morgan fingerprint density at radius 1 is 1.18 bits per heavy atom. The van der Waals surface area contributed by atoms with E-state index < -0.39 is 0 Å². The molecule has 0 radical (unpaired) electrons. The van der Waals surface area contributed by atoms with Crippen molar-refractivity contribution in [3.05, 3.63) is 48.3 Å². The summed E-state index contributed by atoms with van der Waals surface area (Å²) in [5.74, 6) is 0. The highest BCUT2D eigenvalue weighted by Gasteiger charge is 2.20. The SMILES string of the molecule is CCN1CCCC[C@@H]1CNCc1ccnn1-c1ccccc1. The Bertz CT molecular complexity index is 563. The van der Waals surface area contributed by atoms with Crippen LogP contribution < -0.4 is 5.32 Å². The number of hydrogen-bond acceptors (Lipinski definition) is 3. The zero-order chi connectivity index (χ0) is 15.2. The maximum absolute atomic E-state index is 4.45. The Morgan fingerprint density at radius 2 is 2.05 bits per heavy atom. The average molecular weight is 298 g/mol. The van der Waals surface area contributed by atoms with Crippen molar-refractivity contribution >= 4 is 0 Å². The molecule has 1 aromatic heterocycles. The van der Waals surface area contributed by atoms with E-state index in [1.165, 1.54) is 31.5 Å². The number of benzene rings is 1. The van der Waals surface area contributed by atoms with E-state index in [-0.39, 0.29) is 0 Å². The van der Waals surface area contributed by atoms with Gasteiger partial charge in [-0.3, -0.25) is 4.90 Å². The molecule has 22 heavy (non-hydrogen) atoms. The first kappa shape index (κ1) is 15.3. The van der Waals surface area contributed by atoms with Crippen LogP contribution in [0.5, 0.6) is 0 Å². The van der Waals surface area contributed by atoms with Crippen molar-refractivity contribution in [1.29, 1.82) is 0 Å². The maximum atomic E-state index is 4.45. The molecule has 4 nitrogen and oxygen atoms in total. The minimum atomic E-state index is 0.687. The summed E-state index contributed by atoms with van der Waals surface area (Å²) in [6, 6.07) is 13.1. The Kier molecular flexibility index (Phi) is 5.24. The predicted octanol–water partition coefficient (Wildman–Crippen LogP) is 2.84. The van der Waals surface area contributed by atoms with Gasteiger partial charge >= 0.3 is 0 Å². The molecule has 0 spiro atoms. The van der Waals surface area contributed by atoms with Gasteiger partial charge in [-0.05, 0) is 44.1 Å². The minimum Gasteiger partial charge on any atom is -0.310 e. The summed E-state index contributed by atoms with van der Waals surface area (Å²) >= 11 is 0. The predicted molar refractivity (Wildman–Crippen MR) is 90.2 cm³/mol. The molecule has 1 N–H and O–H groups in total. The number of nitrogens with zero attached hydrogens (tertiary/aromatic N) is 3. The van der Waals surface area contributed by atoms with Gasteiger partial charge in [0, 0.05) is 25.3 Å². The quantitative estimate of drug-likeness (QED) is 0.890. The zero-order valence-corrected chi connectivity index (χ0v) is 13.4. The maximum Gasteiger partial charge on any atom is 0.0649 e. The van der Waals surface area contributed by atoms with Gasteiger partial charge in [-0.2, -0.15) is 5.10 Å². The molecule has 0 bridgehead atoms. The summed E-state index contributed by atoms with van der Waals surface area (Å²) in [4.78, 5) is 2.60. The van der Waals surface area contributed by atoms with Crippen molar-refractivity contribution in [1.82, 2.24) is 20.0 Å². The minimum absolute atomic E-state index is 0.687. The van der Waals surface area contributed by atoms with Crippen molar-refractivity contribution in [2.45, 2.75) is 38.8 Å². The highest BCUT2D eigenvalue weighted by molar-refractivity contribution is 5.32. The van der Waals surface area contributed by atoms with E-state index in [2.05, 4.69) is 52.6 Å². The van der Waals surface area contributed by atoms with Crippen LogP contribution in [0.25, 0.3) is 5.69 Å². The van der Waals surface area contributed by atoms with Crippen LogP contribution in [0.1, 0.15) is 31.9 Å². The molecule has 0 saturated carbocycles. The number of para-hydroxylation sites is 1. The number of piperidine rings is 1. The van der Waals surface area contributed by atoms with E-state index in [0.717, 1.165) is 25.3 Å². The Morgan fingerprint density at radius 3 is 2.86 bits per heavy atom. The molecule has 1 aromatic carbocycles. The lowest BCUT2D eigenvalue weighted by Crippen LogP contribution is -2.45. The first-order valence-electron chi connectivity index (χ1n) is 8.41. The first-order chi connectivity index (χ1) is 10.9. The Balaban J connectivity index is 1.57. The fourth-order valence-electron chi connectivity index (χ4n) is 3.34. The second kappa shape index (κ2) is 7.56. The summed E-state index contributed by atoms with van der Waals surface area (Å²) in [7, 11) is 0. The second-order valence-electron chi connectivity index (χ2n) is 5.98. The van der Waals surface area contributed by atoms with Crippen molar-refractivity contribution in [2.75, 3.05) is 19.6 Å². The third-order valence-corrected chi connectivity index (χ3v) is 4.56. The summed E-state index contributed by atoms with van der Waals surface area (Å²) < 4.78 is 2.02. The third-order valence-electron chi connectivity index (χ3n) is 4.56. The molecule has 118 valence electrons. The van der Waals surface area contributed by atoms with E-state index in [0.29, 0.717) is 6.04 Å². The lowest BCUT2D eigenvalue weighted by Gasteiger charge is -2.35. The van der Waals surface area contributed by atoms with Crippen molar-refractivity contribution < 1.29 is 0 Å². The number of likely N-dealkylation sites (N-methyl/N-ethyl adjacent to an activating group) is 1. The zero-order valence-electron chi connectivity index (χ0n) is 13.4. The van der Waals surface area contributed by atoms with E-state index >= 15 is 0 Å². The number of nitrogens with one attached hydrogen (secondary N) is 1. The molecular formula is C18H26N4. The smallest absolute Gasteiger partial charge is 0.0649 e. The molecule has 0 amide bonds. The van der Waals surface area contributed by atoms with Gasteiger partial charge in [-0.1, -0.05) is 31.5 Å². The molecule has 2 heterocycles. The van der Waals surface area contributed by atoms with E-state index in [1.807, 2.05) is 16.9 Å². The number of aromatic nitrogens is 2. The van der Waals surface area contributed by atoms with Crippen molar-refractivity contribution in [3.63, 3.8) is 0 Å². The van der Waals surface area contributed by atoms with Crippen LogP contribution in [0, 0.1) is 0 Å². The lowest BCUT2D eigenvalue weighted by molar-refractivity contribution is 0.153. The fourth-order valence-corrected chi connectivity index (χ4v) is 3.34. The largest absolute Gasteiger partial charge is 0.310 e. The first-order valence-corrected chi connectivity index (χ1v) is 8.41. The van der Waals surface area contributed by atoms with Gasteiger partial charge in [0.15, 0.2) is 0 Å². The normalized spacial score (nSPS) is 19.4. The second-order valence-corrected chi connectivity index (χ2v) is 5.98. The summed E-state index contributed by atoms with van der Waals surface area (Å²) in [6.07, 6.45) is 5.91. The topological polar surface area (TPSA) is 33.1 Å². The van der Waals surface area contributed by atoms with Gasteiger partial charge in [0.05, 0.1) is 11.4 Å². The summed E-state index contributed by atoms with van der Waals surface area (Å²) in [6.45, 7) is 6.61. The summed E-state index contributed by atoms with van der Waals surface area (Å²) in [5.41, 5.74) is 2.34. The summed E-state index contributed by atoms with van der Waals surface area (Å²) in [5, 5.41) is 8.08. The highest BCUT2D eigenvalue weighted by atomic mass is 15.3. The molecular weight excluding hydrogens is 272 g/mol. The van der Waals surface area contributed by atoms with E-state index in [4.69, 9.17) is 0 Å². The van der Waals surface area contributed by atoms with Gasteiger partial charge in [-0.25, -0.2) is 4.68 Å². The average Bonchev–Trinajstić information content (AvgIpc) is 3.04.